The third kappa shape index (κ3) is 22.1. The van der Waals surface area contributed by atoms with Gasteiger partial charge in [-0.1, -0.05) is 56.1 Å². The highest BCUT2D eigenvalue weighted by atomic mass is 16.6. The summed E-state index contributed by atoms with van der Waals surface area (Å²) in [5, 5.41) is 0. The van der Waals surface area contributed by atoms with Crippen LogP contribution in [0.2, 0.25) is 0 Å². The van der Waals surface area contributed by atoms with E-state index in [2.05, 4.69) is 58.4 Å². The predicted octanol–water partition coefficient (Wildman–Crippen LogP) is 9.63. The van der Waals surface area contributed by atoms with Crippen molar-refractivity contribution in [3.63, 3.8) is 0 Å². The van der Waals surface area contributed by atoms with E-state index in [1.807, 2.05) is 33.8 Å². The van der Waals surface area contributed by atoms with E-state index >= 15 is 0 Å². The summed E-state index contributed by atoms with van der Waals surface area (Å²) in [6.45, 7) is 20.6. The molecule has 1 saturated heterocycles. The first-order valence-corrected chi connectivity index (χ1v) is 16.3. The van der Waals surface area contributed by atoms with E-state index in [1.54, 1.807) is 19.3 Å². The largest absolute Gasteiger partial charge is 0.466 e. The molecule has 1 aliphatic rings. The summed E-state index contributed by atoms with van der Waals surface area (Å²) in [4.78, 5) is 22.6. The van der Waals surface area contributed by atoms with Gasteiger partial charge in [0.1, 0.15) is 0 Å². The molecule has 6 heteroatoms. The normalized spacial score (nSPS) is 17.9. The number of carbonyl (C=O) groups is 2. The Kier molecular flexibility index (Phi) is 20.4. The molecule has 0 bridgehead atoms. The summed E-state index contributed by atoms with van der Waals surface area (Å²) in [5.74, 6) is 0.102. The van der Waals surface area contributed by atoms with E-state index in [0.29, 0.717) is 12.0 Å². The summed E-state index contributed by atoms with van der Waals surface area (Å²) in [6.07, 6.45) is 21.0. The number of hydrogen-bond donors (Lipinski definition) is 0. The molecule has 1 heterocycles. The molecular weight excluding hydrogens is 540 g/mol. The first kappa shape index (κ1) is 40.8. The van der Waals surface area contributed by atoms with Gasteiger partial charge in [0.25, 0.3) is 0 Å². The zero-order valence-corrected chi connectivity index (χ0v) is 29.6. The van der Waals surface area contributed by atoms with Crippen LogP contribution in [0.25, 0.3) is 0 Å². The number of allylic oxidation sites excluding steroid dienone is 6. The lowest BCUT2D eigenvalue weighted by atomic mass is 9.95. The zero-order valence-electron chi connectivity index (χ0n) is 29.6. The van der Waals surface area contributed by atoms with Crippen molar-refractivity contribution in [2.24, 2.45) is 5.92 Å². The van der Waals surface area contributed by atoms with Gasteiger partial charge in [0.05, 0.1) is 30.5 Å². The minimum atomic E-state index is -0.271. The third-order valence-electron chi connectivity index (χ3n) is 7.76. The first-order valence-electron chi connectivity index (χ1n) is 16.3. The zero-order chi connectivity index (χ0) is 33.1. The average molecular weight is 605 g/mol. The standard InChI is InChI=1S/C19H34O3.C18H30O3/c1-15(2)22-18(20)14-17(4)11-8-10-16(3)12-9-13-19(5,6)21-7;1-6-15(11-8-12-16-18(3,4)21-16)10-7-9-14(2)13-17(19)20-5/h8,11,14-16H,9-10,12-13H2,1-7H3;10,13,16H,6-9,11-12H2,1-5H3/b11-8+,17-14+;14-13+,15-10+. The van der Waals surface area contributed by atoms with Crippen LogP contribution in [0.4, 0.5) is 0 Å². The van der Waals surface area contributed by atoms with Gasteiger partial charge in [0.15, 0.2) is 0 Å². The first-order chi connectivity index (χ1) is 20.0. The van der Waals surface area contributed by atoms with Gasteiger partial charge in [0.2, 0.25) is 0 Å². The van der Waals surface area contributed by atoms with Gasteiger partial charge in [-0.05, 0) is 118 Å². The quantitative estimate of drug-likeness (QED) is 0.0480. The summed E-state index contributed by atoms with van der Waals surface area (Å²) in [5.41, 5.74) is 3.61. The van der Waals surface area contributed by atoms with Crippen molar-refractivity contribution in [2.75, 3.05) is 14.2 Å². The SMILES string of the molecule is CC/C(=C\CC/C(C)=C/C(=O)OC)CCCC1OC1(C)C.COC(C)(C)CCCC(C)C/C=C/C(C)=C/C(=O)OC(C)C. The Hall–Kier alpha value is -2.18. The van der Waals surface area contributed by atoms with Crippen LogP contribution in [0.5, 0.6) is 0 Å². The van der Waals surface area contributed by atoms with Crippen LogP contribution in [0, 0.1) is 5.92 Å². The van der Waals surface area contributed by atoms with Crippen molar-refractivity contribution in [1.29, 1.82) is 0 Å². The molecular formula is C37H64O6. The molecule has 0 aromatic heterocycles. The van der Waals surface area contributed by atoms with E-state index in [-0.39, 0.29) is 29.2 Å². The lowest BCUT2D eigenvalue weighted by Gasteiger charge is -2.23. The fourth-order valence-electron chi connectivity index (χ4n) is 4.60. The molecule has 1 fully saturated rings. The van der Waals surface area contributed by atoms with Gasteiger partial charge in [-0.15, -0.1) is 0 Å². The van der Waals surface area contributed by atoms with Crippen molar-refractivity contribution < 1.29 is 28.5 Å². The molecule has 43 heavy (non-hydrogen) atoms. The number of rotatable bonds is 19. The molecule has 0 amide bonds. The molecule has 0 aromatic rings. The van der Waals surface area contributed by atoms with Crippen LogP contribution in [-0.4, -0.2) is 49.6 Å². The van der Waals surface area contributed by atoms with E-state index in [0.717, 1.165) is 56.1 Å². The Bertz CT molecular complexity index is 935. The van der Waals surface area contributed by atoms with Gasteiger partial charge in [-0.25, -0.2) is 9.59 Å². The molecule has 1 rings (SSSR count). The van der Waals surface area contributed by atoms with Crippen LogP contribution in [0.15, 0.2) is 47.1 Å². The van der Waals surface area contributed by atoms with Gasteiger partial charge in [0, 0.05) is 19.3 Å². The number of epoxide rings is 1. The van der Waals surface area contributed by atoms with E-state index in [1.165, 1.54) is 31.9 Å². The highest BCUT2D eigenvalue weighted by Crippen LogP contribution is 2.38. The van der Waals surface area contributed by atoms with Crippen molar-refractivity contribution in [3.8, 4) is 0 Å². The molecule has 248 valence electrons. The van der Waals surface area contributed by atoms with Crippen LogP contribution < -0.4 is 0 Å². The Balaban J connectivity index is 0.000000821. The molecule has 6 nitrogen and oxygen atoms in total. The van der Waals surface area contributed by atoms with Crippen LogP contribution in [0.3, 0.4) is 0 Å². The van der Waals surface area contributed by atoms with Crippen LogP contribution >= 0.6 is 0 Å². The second kappa shape index (κ2) is 21.5. The second-order valence-electron chi connectivity index (χ2n) is 13.3. The van der Waals surface area contributed by atoms with Crippen LogP contribution in [0.1, 0.15) is 133 Å². The predicted molar refractivity (Wildman–Crippen MR) is 179 cm³/mol. The van der Waals surface area contributed by atoms with E-state index in [4.69, 9.17) is 14.2 Å². The Morgan fingerprint density at radius 2 is 1.65 bits per heavy atom. The molecule has 0 aromatic carbocycles. The maximum absolute atomic E-state index is 11.5. The number of esters is 2. The minimum Gasteiger partial charge on any atom is -0.466 e. The molecule has 0 N–H and O–H groups in total. The molecule has 2 unspecified atom stereocenters. The summed E-state index contributed by atoms with van der Waals surface area (Å²) < 4.78 is 20.7. The number of ether oxygens (including phenoxy) is 4. The summed E-state index contributed by atoms with van der Waals surface area (Å²) >= 11 is 0. The topological polar surface area (TPSA) is 74.4 Å². The van der Waals surface area contributed by atoms with Crippen molar-refractivity contribution in [3.05, 3.63) is 47.1 Å². The fourth-order valence-corrected chi connectivity index (χ4v) is 4.60. The highest BCUT2D eigenvalue weighted by Gasteiger charge is 2.46. The lowest BCUT2D eigenvalue weighted by Crippen LogP contribution is -2.22. The van der Waals surface area contributed by atoms with Gasteiger partial charge in [-0.2, -0.15) is 0 Å². The Morgan fingerprint density at radius 1 is 1.00 bits per heavy atom. The molecule has 0 saturated carbocycles. The summed E-state index contributed by atoms with van der Waals surface area (Å²) in [7, 11) is 3.18. The molecule has 0 spiro atoms. The van der Waals surface area contributed by atoms with Crippen LogP contribution in [-0.2, 0) is 28.5 Å². The maximum atomic E-state index is 11.5. The van der Waals surface area contributed by atoms with Crippen molar-refractivity contribution in [1.82, 2.24) is 0 Å². The minimum absolute atomic E-state index is 0.0222. The molecule has 0 aliphatic carbocycles. The maximum Gasteiger partial charge on any atom is 0.331 e. The molecule has 0 radical (unpaired) electrons. The van der Waals surface area contributed by atoms with Crippen molar-refractivity contribution >= 4 is 11.9 Å². The van der Waals surface area contributed by atoms with Crippen molar-refractivity contribution in [2.45, 2.75) is 157 Å². The van der Waals surface area contributed by atoms with E-state index in [9.17, 15) is 9.59 Å². The molecule has 1 aliphatic heterocycles. The fraction of sp³-hybridized carbons (Fsp3) is 0.730. The molecule has 2 atom stereocenters. The lowest BCUT2D eigenvalue weighted by molar-refractivity contribution is -0.141. The average Bonchev–Trinajstić information content (AvgIpc) is 3.52. The van der Waals surface area contributed by atoms with Gasteiger partial charge >= 0.3 is 11.9 Å². The monoisotopic (exact) mass is 604 g/mol. The van der Waals surface area contributed by atoms with Gasteiger partial charge in [-0.3, -0.25) is 0 Å². The summed E-state index contributed by atoms with van der Waals surface area (Å²) in [6, 6.07) is 0. The highest BCUT2D eigenvalue weighted by molar-refractivity contribution is 5.83. The third-order valence-corrected chi connectivity index (χ3v) is 7.76. The number of hydrogen-bond acceptors (Lipinski definition) is 6. The van der Waals surface area contributed by atoms with E-state index < -0.39 is 0 Å². The Labute approximate surface area is 264 Å². The number of carbonyl (C=O) groups excluding carboxylic acids is 2. The van der Waals surface area contributed by atoms with Gasteiger partial charge < -0.3 is 18.9 Å². The second-order valence-corrected chi connectivity index (χ2v) is 13.3. The number of methoxy groups -OCH3 is 2. The Morgan fingerprint density at radius 3 is 2.19 bits per heavy atom. The smallest absolute Gasteiger partial charge is 0.331 e.